The lowest BCUT2D eigenvalue weighted by atomic mass is 10.2. The molecule has 0 aliphatic carbocycles. The molecule has 0 saturated heterocycles. The number of carbonyl (C=O) groups is 1. The molecule has 2 aromatic rings. The van der Waals surface area contributed by atoms with Gasteiger partial charge in [0.25, 0.3) is 5.91 Å². The Labute approximate surface area is 102 Å². The molecule has 3 nitrogen and oxygen atoms in total. The standard InChI is InChI=1S/C11H11ClN2OS/c1-14(2)9-8-6(12)4-3-5-7(8)16-10(9)11(13)15/h3-5H,1-2H3,(H2,13,15). The van der Waals surface area contributed by atoms with Crippen LogP contribution in [0.2, 0.25) is 5.02 Å². The van der Waals surface area contributed by atoms with E-state index in [4.69, 9.17) is 17.3 Å². The summed E-state index contributed by atoms with van der Waals surface area (Å²) in [6, 6.07) is 5.62. The van der Waals surface area contributed by atoms with Gasteiger partial charge in [0.05, 0.1) is 10.7 Å². The van der Waals surface area contributed by atoms with Crippen LogP contribution < -0.4 is 10.6 Å². The molecule has 16 heavy (non-hydrogen) atoms. The van der Waals surface area contributed by atoms with Gasteiger partial charge in [-0.25, -0.2) is 0 Å². The van der Waals surface area contributed by atoms with Crippen molar-refractivity contribution in [3.8, 4) is 0 Å². The van der Waals surface area contributed by atoms with Crippen molar-refractivity contribution in [2.24, 2.45) is 5.73 Å². The molecular formula is C11H11ClN2OS. The molecule has 5 heteroatoms. The SMILES string of the molecule is CN(C)c1c(C(N)=O)sc2cccc(Cl)c12. The number of anilines is 1. The van der Waals surface area contributed by atoms with Gasteiger partial charge in [-0.2, -0.15) is 0 Å². The third kappa shape index (κ3) is 1.64. The van der Waals surface area contributed by atoms with Crippen molar-refractivity contribution in [1.29, 1.82) is 0 Å². The van der Waals surface area contributed by atoms with E-state index < -0.39 is 5.91 Å². The number of amides is 1. The highest BCUT2D eigenvalue weighted by Crippen LogP contribution is 2.40. The molecule has 0 aliphatic heterocycles. The number of primary amides is 1. The van der Waals surface area contributed by atoms with Gasteiger partial charge in [0, 0.05) is 24.2 Å². The third-order valence-electron chi connectivity index (χ3n) is 2.31. The number of halogens is 1. The van der Waals surface area contributed by atoms with Crippen LogP contribution in [0.4, 0.5) is 5.69 Å². The Kier molecular flexibility index (Phi) is 2.78. The van der Waals surface area contributed by atoms with Gasteiger partial charge in [0.2, 0.25) is 0 Å². The Hall–Kier alpha value is -1.26. The van der Waals surface area contributed by atoms with Crippen LogP contribution >= 0.6 is 22.9 Å². The molecule has 0 aliphatic rings. The molecule has 0 saturated carbocycles. The van der Waals surface area contributed by atoms with Crippen molar-refractivity contribution in [3.05, 3.63) is 28.1 Å². The number of rotatable bonds is 2. The zero-order chi connectivity index (χ0) is 11.9. The largest absolute Gasteiger partial charge is 0.376 e. The van der Waals surface area contributed by atoms with Crippen LogP contribution in [-0.4, -0.2) is 20.0 Å². The number of hydrogen-bond donors (Lipinski definition) is 1. The summed E-state index contributed by atoms with van der Waals surface area (Å²) in [7, 11) is 3.74. The van der Waals surface area contributed by atoms with E-state index in [-0.39, 0.29) is 0 Å². The van der Waals surface area contributed by atoms with E-state index in [2.05, 4.69) is 0 Å². The van der Waals surface area contributed by atoms with Crippen LogP contribution in [0.1, 0.15) is 9.67 Å². The molecule has 1 amide bonds. The van der Waals surface area contributed by atoms with Crippen LogP contribution in [0.15, 0.2) is 18.2 Å². The van der Waals surface area contributed by atoms with Gasteiger partial charge in [-0.05, 0) is 12.1 Å². The Bertz CT molecular complexity index is 562. The first-order valence-electron chi connectivity index (χ1n) is 4.70. The zero-order valence-corrected chi connectivity index (χ0v) is 10.5. The average Bonchev–Trinajstić information content (AvgIpc) is 2.58. The molecule has 2 rings (SSSR count). The van der Waals surface area contributed by atoms with Crippen LogP contribution in [0.25, 0.3) is 10.1 Å². The first-order valence-corrected chi connectivity index (χ1v) is 5.90. The van der Waals surface area contributed by atoms with Crippen molar-refractivity contribution in [3.63, 3.8) is 0 Å². The topological polar surface area (TPSA) is 46.3 Å². The molecule has 0 unspecified atom stereocenters. The molecule has 0 spiro atoms. The molecular weight excluding hydrogens is 244 g/mol. The molecule has 0 radical (unpaired) electrons. The first kappa shape index (κ1) is 11.2. The Morgan fingerprint density at radius 3 is 2.69 bits per heavy atom. The summed E-state index contributed by atoms with van der Waals surface area (Å²) in [5.74, 6) is -0.416. The number of nitrogens with two attached hydrogens (primary N) is 1. The summed E-state index contributed by atoms with van der Waals surface area (Å²) in [4.78, 5) is 13.8. The fraction of sp³-hybridized carbons (Fsp3) is 0.182. The van der Waals surface area contributed by atoms with E-state index >= 15 is 0 Å². The minimum absolute atomic E-state index is 0.416. The highest BCUT2D eigenvalue weighted by atomic mass is 35.5. The highest BCUT2D eigenvalue weighted by Gasteiger charge is 2.19. The maximum atomic E-state index is 11.4. The lowest BCUT2D eigenvalue weighted by molar-refractivity contribution is 0.100. The Morgan fingerprint density at radius 2 is 2.12 bits per heavy atom. The van der Waals surface area contributed by atoms with Crippen molar-refractivity contribution < 1.29 is 4.79 Å². The van der Waals surface area contributed by atoms with Crippen molar-refractivity contribution in [2.45, 2.75) is 0 Å². The Balaban J connectivity index is 2.88. The lowest BCUT2D eigenvalue weighted by Crippen LogP contribution is -2.16. The second-order valence-corrected chi connectivity index (χ2v) is 5.11. The third-order valence-corrected chi connectivity index (χ3v) is 3.78. The molecule has 1 aromatic carbocycles. The van der Waals surface area contributed by atoms with E-state index in [1.807, 2.05) is 37.2 Å². The first-order chi connectivity index (χ1) is 7.52. The van der Waals surface area contributed by atoms with Gasteiger partial charge in [0.1, 0.15) is 4.88 Å². The van der Waals surface area contributed by atoms with E-state index in [1.165, 1.54) is 11.3 Å². The average molecular weight is 255 g/mol. The predicted molar refractivity (Wildman–Crippen MR) is 69.7 cm³/mol. The molecule has 0 atom stereocenters. The van der Waals surface area contributed by atoms with Crippen molar-refractivity contribution in [2.75, 3.05) is 19.0 Å². The molecule has 2 N–H and O–H groups in total. The number of nitrogens with zero attached hydrogens (tertiary/aromatic N) is 1. The predicted octanol–water partition coefficient (Wildman–Crippen LogP) is 2.72. The minimum atomic E-state index is -0.416. The molecule has 84 valence electrons. The van der Waals surface area contributed by atoms with Gasteiger partial charge in [-0.15, -0.1) is 11.3 Å². The number of fused-ring (bicyclic) bond motifs is 1. The second kappa shape index (κ2) is 3.96. The van der Waals surface area contributed by atoms with Gasteiger partial charge in [-0.1, -0.05) is 17.7 Å². The van der Waals surface area contributed by atoms with E-state index in [0.717, 1.165) is 15.8 Å². The smallest absolute Gasteiger partial charge is 0.260 e. The van der Waals surface area contributed by atoms with Crippen LogP contribution in [0, 0.1) is 0 Å². The summed E-state index contributed by atoms with van der Waals surface area (Å²) in [5, 5.41) is 1.54. The fourth-order valence-corrected chi connectivity index (χ4v) is 3.16. The van der Waals surface area contributed by atoms with Crippen molar-refractivity contribution >= 4 is 44.6 Å². The van der Waals surface area contributed by atoms with Crippen molar-refractivity contribution in [1.82, 2.24) is 0 Å². The molecule has 1 aromatic heterocycles. The van der Waals surface area contributed by atoms with Gasteiger partial charge in [0.15, 0.2) is 0 Å². The zero-order valence-electron chi connectivity index (χ0n) is 8.95. The van der Waals surface area contributed by atoms with E-state index in [0.29, 0.717) is 9.90 Å². The summed E-state index contributed by atoms with van der Waals surface area (Å²) in [6.45, 7) is 0. The normalized spacial score (nSPS) is 10.7. The number of hydrogen-bond acceptors (Lipinski definition) is 3. The van der Waals surface area contributed by atoms with Crippen LogP contribution in [0.3, 0.4) is 0 Å². The fourth-order valence-electron chi connectivity index (χ4n) is 1.68. The summed E-state index contributed by atoms with van der Waals surface area (Å²) in [6.07, 6.45) is 0. The number of carbonyl (C=O) groups excluding carboxylic acids is 1. The Morgan fingerprint density at radius 1 is 1.44 bits per heavy atom. The summed E-state index contributed by atoms with van der Waals surface area (Å²) in [5.41, 5.74) is 6.17. The maximum absolute atomic E-state index is 11.4. The summed E-state index contributed by atoms with van der Waals surface area (Å²) < 4.78 is 0.977. The quantitative estimate of drug-likeness (QED) is 0.896. The van der Waals surface area contributed by atoms with Gasteiger partial charge < -0.3 is 10.6 Å². The number of thiophene rings is 1. The van der Waals surface area contributed by atoms with Gasteiger partial charge in [-0.3, -0.25) is 4.79 Å². The molecule has 0 fully saturated rings. The monoisotopic (exact) mass is 254 g/mol. The molecule has 1 heterocycles. The second-order valence-electron chi connectivity index (χ2n) is 3.65. The minimum Gasteiger partial charge on any atom is -0.376 e. The summed E-state index contributed by atoms with van der Waals surface area (Å²) >= 11 is 7.53. The van der Waals surface area contributed by atoms with Crippen LogP contribution in [-0.2, 0) is 0 Å². The number of benzene rings is 1. The van der Waals surface area contributed by atoms with Crippen LogP contribution in [0.5, 0.6) is 0 Å². The highest BCUT2D eigenvalue weighted by molar-refractivity contribution is 7.21. The maximum Gasteiger partial charge on any atom is 0.260 e. The van der Waals surface area contributed by atoms with Gasteiger partial charge >= 0.3 is 0 Å². The molecule has 0 bridgehead atoms. The lowest BCUT2D eigenvalue weighted by Gasteiger charge is -2.13. The van der Waals surface area contributed by atoms with E-state index in [9.17, 15) is 4.79 Å². The van der Waals surface area contributed by atoms with E-state index in [1.54, 1.807) is 0 Å².